The topological polar surface area (TPSA) is 69.7 Å². The fourth-order valence-corrected chi connectivity index (χ4v) is 3.13. The Morgan fingerprint density at radius 2 is 2.16 bits per heavy atom. The van der Waals surface area contributed by atoms with Crippen LogP contribution in [0, 0.1) is 5.92 Å². The van der Waals surface area contributed by atoms with Gasteiger partial charge in [0.2, 0.25) is 15.9 Å². The van der Waals surface area contributed by atoms with E-state index in [2.05, 4.69) is 5.32 Å². The normalized spacial score (nSPS) is 21.3. The number of carbonyl (C=O) groups excluding carboxylic acids is 1. The minimum Gasteiger partial charge on any atom is -0.345 e. The van der Waals surface area contributed by atoms with E-state index >= 15 is 0 Å². The van der Waals surface area contributed by atoms with Gasteiger partial charge in [-0.25, -0.2) is 12.7 Å². The van der Waals surface area contributed by atoms with Crippen LogP contribution in [0.3, 0.4) is 0 Å². The molecule has 0 saturated carbocycles. The first-order valence-corrected chi connectivity index (χ1v) is 8.59. The Morgan fingerprint density at radius 1 is 1.47 bits per heavy atom. The molecule has 0 aromatic heterocycles. The Bertz CT molecular complexity index is 397. The van der Waals surface area contributed by atoms with E-state index in [9.17, 15) is 13.2 Å². The van der Waals surface area contributed by atoms with Gasteiger partial charge in [-0.05, 0) is 32.2 Å². The van der Waals surface area contributed by atoms with Gasteiger partial charge in [0.05, 0.1) is 12.8 Å². The van der Waals surface area contributed by atoms with Crippen LogP contribution >= 0.6 is 0 Å². The lowest BCUT2D eigenvalue weighted by atomic mass is 10.00. The van der Waals surface area contributed by atoms with E-state index in [0.717, 1.165) is 12.8 Å². The monoisotopic (exact) mass is 291 g/mol. The number of likely N-dealkylation sites (N-methyl/N-ethyl adjacent to an activating group) is 1. The average Bonchev–Trinajstić information content (AvgIpc) is 2.37. The molecule has 1 unspecified atom stereocenters. The van der Waals surface area contributed by atoms with Crippen LogP contribution in [-0.4, -0.2) is 69.6 Å². The van der Waals surface area contributed by atoms with E-state index in [-0.39, 0.29) is 5.91 Å². The van der Waals surface area contributed by atoms with Crippen molar-refractivity contribution >= 4 is 15.9 Å². The molecule has 7 heteroatoms. The molecule has 1 heterocycles. The van der Waals surface area contributed by atoms with E-state index in [1.54, 1.807) is 11.9 Å². The van der Waals surface area contributed by atoms with Gasteiger partial charge in [0.15, 0.2) is 0 Å². The SMILES string of the molecule is CCN(C)C(=O)CNCC1CCCN(S(C)(=O)=O)C1. The predicted molar refractivity (Wildman–Crippen MR) is 75.3 cm³/mol. The van der Waals surface area contributed by atoms with Crippen molar-refractivity contribution in [3.63, 3.8) is 0 Å². The first-order chi connectivity index (χ1) is 8.84. The Hall–Kier alpha value is -0.660. The van der Waals surface area contributed by atoms with Crippen LogP contribution in [0.15, 0.2) is 0 Å². The molecule has 6 nitrogen and oxygen atoms in total. The van der Waals surface area contributed by atoms with Gasteiger partial charge in [-0.15, -0.1) is 0 Å². The predicted octanol–water partition coefficient (Wildman–Crippen LogP) is -0.274. The zero-order valence-corrected chi connectivity index (χ0v) is 12.9. The molecule has 112 valence electrons. The summed E-state index contributed by atoms with van der Waals surface area (Å²) in [6.45, 7) is 4.82. The third kappa shape index (κ3) is 5.46. The van der Waals surface area contributed by atoms with Gasteiger partial charge in [-0.3, -0.25) is 4.79 Å². The molecule has 0 bridgehead atoms. The van der Waals surface area contributed by atoms with Crippen molar-refractivity contribution in [1.29, 1.82) is 0 Å². The van der Waals surface area contributed by atoms with Crippen molar-refractivity contribution in [1.82, 2.24) is 14.5 Å². The molecular formula is C12H25N3O3S. The van der Waals surface area contributed by atoms with E-state index in [1.165, 1.54) is 10.6 Å². The Labute approximate surface area is 116 Å². The van der Waals surface area contributed by atoms with Crippen LogP contribution in [0.1, 0.15) is 19.8 Å². The number of nitrogens with zero attached hydrogens (tertiary/aromatic N) is 2. The second kappa shape index (κ2) is 7.21. The quantitative estimate of drug-likeness (QED) is 0.731. The number of hydrogen-bond acceptors (Lipinski definition) is 4. The average molecular weight is 291 g/mol. The van der Waals surface area contributed by atoms with Crippen molar-refractivity contribution in [2.24, 2.45) is 5.92 Å². The highest BCUT2D eigenvalue weighted by Crippen LogP contribution is 2.17. The fraction of sp³-hybridized carbons (Fsp3) is 0.917. The van der Waals surface area contributed by atoms with Crippen LogP contribution in [0.5, 0.6) is 0 Å². The molecule has 0 aliphatic carbocycles. The maximum atomic E-state index is 11.6. The standard InChI is InChI=1S/C12H25N3O3S/c1-4-14(2)12(16)9-13-8-11-6-5-7-15(10-11)19(3,17)18/h11,13H,4-10H2,1-3H3. The summed E-state index contributed by atoms with van der Waals surface area (Å²) in [6, 6.07) is 0. The lowest BCUT2D eigenvalue weighted by molar-refractivity contribution is -0.128. The minimum atomic E-state index is -3.09. The third-order valence-corrected chi connectivity index (χ3v) is 4.83. The second-order valence-corrected chi connectivity index (χ2v) is 7.15. The first-order valence-electron chi connectivity index (χ1n) is 6.74. The molecule has 0 spiro atoms. The van der Waals surface area contributed by atoms with Crippen LogP contribution in [-0.2, 0) is 14.8 Å². The van der Waals surface area contributed by atoms with Gasteiger partial charge in [-0.1, -0.05) is 0 Å². The number of piperidine rings is 1. The molecule has 1 aliphatic heterocycles. The molecular weight excluding hydrogens is 266 g/mol. The lowest BCUT2D eigenvalue weighted by Gasteiger charge is -2.31. The second-order valence-electron chi connectivity index (χ2n) is 5.17. The fourth-order valence-electron chi connectivity index (χ4n) is 2.19. The van der Waals surface area contributed by atoms with Gasteiger partial charge >= 0.3 is 0 Å². The number of hydrogen-bond donors (Lipinski definition) is 1. The molecule has 1 aliphatic rings. The first kappa shape index (κ1) is 16.4. The maximum Gasteiger partial charge on any atom is 0.236 e. The minimum absolute atomic E-state index is 0.0679. The van der Waals surface area contributed by atoms with E-state index in [4.69, 9.17) is 0 Å². The summed E-state index contributed by atoms with van der Waals surface area (Å²) in [5, 5.41) is 3.13. The number of nitrogens with one attached hydrogen (secondary N) is 1. The van der Waals surface area contributed by atoms with Crippen molar-refractivity contribution in [2.45, 2.75) is 19.8 Å². The number of sulfonamides is 1. The molecule has 0 aromatic rings. The van der Waals surface area contributed by atoms with Gasteiger partial charge in [0.25, 0.3) is 0 Å². The van der Waals surface area contributed by atoms with Gasteiger partial charge in [0, 0.05) is 26.7 Å². The van der Waals surface area contributed by atoms with Crippen LogP contribution in [0.25, 0.3) is 0 Å². The van der Waals surface area contributed by atoms with Crippen molar-refractivity contribution in [3.8, 4) is 0 Å². The van der Waals surface area contributed by atoms with Crippen LogP contribution in [0.4, 0.5) is 0 Å². The van der Waals surface area contributed by atoms with Crippen LogP contribution in [0.2, 0.25) is 0 Å². The van der Waals surface area contributed by atoms with E-state index in [1.807, 2.05) is 6.92 Å². The molecule has 0 aromatic carbocycles. The highest BCUT2D eigenvalue weighted by Gasteiger charge is 2.25. The number of amides is 1. The largest absolute Gasteiger partial charge is 0.345 e. The van der Waals surface area contributed by atoms with Gasteiger partial charge < -0.3 is 10.2 Å². The van der Waals surface area contributed by atoms with Crippen molar-refractivity contribution < 1.29 is 13.2 Å². The summed E-state index contributed by atoms with van der Waals surface area (Å²) >= 11 is 0. The molecule has 1 amide bonds. The summed E-state index contributed by atoms with van der Waals surface area (Å²) in [5.41, 5.74) is 0. The molecule has 19 heavy (non-hydrogen) atoms. The summed E-state index contributed by atoms with van der Waals surface area (Å²) in [5.74, 6) is 0.362. The van der Waals surface area contributed by atoms with Gasteiger partial charge in [-0.2, -0.15) is 0 Å². The summed E-state index contributed by atoms with van der Waals surface area (Å²) in [4.78, 5) is 13.3. The number of carbonyl (C=O) groups is 1. The van der Waals surface area contributed by atoms with Gasteiger partial charge in [0.1, 0.15) is 0 Å². The summed E-state index contributed by atoms with van der Waals surface area (Å²) in [6.07, 6.45) is 3.15. The molecule has 0 radical (unpaired) electrons. The summed E-state index contributed by atoms with van der Waals surface area (Å²) in [7, 11) is -1.31. The highest BCUT2D eigenvalue weighted by molar-refractivity contribution is 7.88. The third-order valence-electron chi connectivity index (χ3n) is 3.56. The van der Waals surface area contributed by atoms with Crippen molar-refractivity contribution in [2.75, 3.05) is 46.0 Å². The maximum absolute atomic E-state index is 11.6. The molecule has 1 rings (SSSR count). The van der Waals surface area contributed by atoms with Crippen molar-refractivity contribution in [3.05, 3.63) is 0 Å². The Balaban J connectivity index is 2.32. The van der Waals surface area contributed by atoms with E-state index in [0.29, 0.717) is 38.6 Å². The number of rotatable bonds is 6. The van der Waals surface area contributed by atoms with Crippen LogP contribution < -0.4 is 5.32 Å². The molecule has 1 atom stereocenters. The molecule has 1 fully saturated rings. The Morgan fingerprint density at radius 3 is 2.74 bits per heavy atom. The lowest BCUT2D eigenvalue weighted by Crippen LogP contribution is -2.44. The Kier molecular flexibility index (Phi) is 6.22. The highest BCUT2D eigenvalue weighted by atomic mass is 32.2. The van der Waals surface area contributed by atoms with E-state index < -0.39 is 10.0 Å². The zero-order chi connectivity index (χ0) is 14.5. The summed E-state index contributed by atoms with van der Waals surface area (Å²) < 4.78 is 24.5. The zero-order valence-electron chi connectivity index (χ0n) is 12.1. The molecule has 1 saturated heterocycles. The smallest absolute Gasteiger partial charge is 0.236 e. The molecule has 1 N–H and O–H groups in total.